The van der Waals surface area contributed by atoms with Gasteiger partial charge in [0.15, 0.2) is 5.65 Å². The topological polar surface area (TPSA) is 125 Å². The van der Waals surface area contributed by atoms with E-state index in [0.717, 1.165) is 37.9 Å². The largest absolute Gasteiger partial charge is 0.381 e. The Hall–Kier alpha value is -3.31. The number of aryl methyl sites for hydroxylation is 2. The van der Waals surface area contributed by atoms with Gasteiger partial charge in [0.25, 0.3) is 5.91 Å². The van der Waals surface area contributed by atoms with Crippen molar-refractivity contribution in [3.8, 4) is 0 Å². The third-order valence-electron chi connectivity index (χ3n) is 6.49. The molecule has 0 saturated carbocycles. The Labute approximate surface area is 196 Å². The molecular formula is C23H29N7O4. The van der Waals surface area contributed by atoms with Crippen LogP contribution in [0.5, 0.6) is 0 Å². The summed E-state index contributed by atoms with van der Waals surface area (Å²) in [6, 6.07) is 1.77. The maximum atomic E-state index is 12.9. The first-order valence-electron chi connectivity index (χ1n) is 11.7. The van der Waals surface area contributed by atoms with E-state index < -0.39 is 0 Å². The fraction of sp³-hybridized carbons (Fsp3) is 0.522. The first-order chi connectivity index (χ1) is 16.5. The van der Waals surface area contributed by atoms with E-state index in [0.29, 0.717) is 48.3 Å². The minimum Gasteiger partial charge on any atom is -0.381 e. The molecule has 0 bridgehead atoms. The van der Waals surface area contributed by atoms with Crippen molar-refractivity contribution < 1.29 is 14.3 Å². The molecule has 11 nitrogen and oxygen atoms in total. The molecule has 34 heavy (non-hydrogen) atoms. The molecule has 2 fully saturated rings. The van der Waals surface area contributed by atoms with E-state index in [9.17, 15) is 9.59 Å². The molecule has 1 unspecified atom stereocenters. The van der Waals surface area contributed by atoms with Gasteiger partial charge in [-0.3, -0.25) is 13.9 Å². The monoisotopic (exact) mass is 467 g/mol. The summed E-state index contributed by atoms with van der Waals surface area (Å²) in [4.78, 5) is 38.7. The number of rotatable bonds is 6. The molecule has 11 heteroatoms. The lowest BCUT2D eigenvalue weighted by Gasteiger charge is -2.22. The molecule has 3 aromatic rings. The molecule has 5 heterocycles. The van der Waals surface area contributed by atoms with E-state index in [-0.39, 0.29) is 23.7 Å². The van der Waals surface area contributed by atoms with E-state index >= 15 is 0 Å². The number of pyridine rings is 1. The highest BCUT2D eigenvalue weighted by molar-refractivity contribution is 5.92. The number of ether oxygens (including phenoxy) is 2. The van der Waals surface area contributed by atoms with Crippen molar-refractivity contribution in [3.05, 3.63) is 40.2 Å². The van der Waals surface area contributed by atoms with E-state index in [1.807, 2.05) is 6.92 Å². The Morgan fingerprint density at radius 3 is 2.74 bits per heavy atom. The molecule has 0 aliphatic carbocycles. The van der Waals surface area contributed by atoms with E-state index in [1.54, 1.807) is 34.6 Å². The molecule has 2 N–H and O–H groups in total. The van der Waals surface area contributed by atoms with Gasteiger partial charge in [-0.05, 0) is 44.2 Å². The van der Waals surface area contributed by atoms with Gasteiger partial charge in [-0.15, -0.1) is 0 Å². The maximum Gasteiger partial charge on any atom is 0.330 e. The highest BCUT2D eigenvalue weighted by Crippen LogP contribution is 2.25. The molecule has 2 aliphatic rings. The number of hydrogen-bond acceptors (Lipinski definition) is 8. The number of aromatic nitrogens is 5. The standard InChI is InChI=1S/C23H29N7O4/c1-14-10-17(21(31)25-11-16-4-3-7-34-16)24-12-18(14)27-22-26-13-19-20(28-22)30(23(32)29(19)2)15-5-8-33-9-6-15/h10,12-13,15-16H,3-9,11H2,1-2H3,(H,25,31)(H,26,27,28). The molecule has 0 aromatic carbocycles. The number of hydrogen-bond donors (Lipinski definition) is 2. The van der Waals surface area contributed by atoms with Gasteiger partial charge < -0.3 is 20.1 Å². The predicted octanol–water partition coefficient (Wildman–Crippen LogP) is 1.84. The predicted molar refractivity (Wildman–Crippen MR) is 125 cm³/mol. The molecule has 0 radical (unpaired) electrons. The number of imidazole rings is 1. The normalized spacial score (nSPS) is 18.9. The van der Waals surface area contributed by atoms with Crippen LogP contribution in [0.25, 0.3) is 11.2 Å². The first-order valence-corrected chi connectivity index (χ1v) is 11.7. The average Bonchev–Trinajstić information content (AvgIpc) is 3.46. The third kappa shape index (κ3) is 4.40. The Balaban J connectivity index is 1.35. The van der Waals surface area contributed by atoms with Gasteiger partial charge >= 0.3 is 5.69 Å². The summed E-state index contributed by atoms with van der Waals surface area (Å²) < 4.78 is 14.3. The summed E-state index contributed by atoms with van der Waals surface area (Å²) in [7, 11) is 1.73. The Morgan fingerprint density at radius 2 is 2.00 bits per heavy atom. The molecule has 0 spiro atoms. The number of fused-ring (bicyclic) bond motifs is 1. The molecule has 1 amide bonds. The van der Waals surface area contributed by atoms with Crippen LogP contribution in [0.1, 0.15) is 47.8 Å². The van der Waals surface area contributed by atoms with Crippen LogP contribution < -0.4 is 16.3 Å². The number of nitrogens with zero attached hydrogens (tertiary/aromatic N) is 5. The van der Waals surface area contributed by atoms with Gasteiger partial charge in [0.1, 0.15) is 11.2 Å². The third-order valence-corrected chi connectivity index (χ3v) is 6.49. The van der Waals surface area contributed by atoms with Crippen molar-refractivity contribution in [1.29, 1.82) is 0 Å². The zero-order valence-corrected chi connectivity index (χ0v) is 19.4. The molecule has 2 saturated heterocycles. The van der Waals surface area contributed by atoms with Crippen LogP contribution in [0.4, 0.5) is 11.6 Å². The molecule has 1 atom stereocenters. The second kappa shape index (κ2) is 9.51. The van der Waals surface area contributed by atoms with Gasteiger partial charge in [0.05, 0.1) is 24.2 Å². The molecule has 2 aliphatic heterocycles. The summed E-state index contributed by atoms with van der Waals surface area (Å²) in [5.41, 5.74) is 3.02. The lowest BCUT2D eigenvalue weighted by atomic mass is 10.1. The van der Waals surface area contributed by atoms with Crippen LogP contribution in [0.2, 0.25) is 0 Å². The lowest BCUT2D eigenvalue weighted by molar-refractivity contribution is 0.0695. The van der Waals surface area contributed by atoms with Crippen LogP contribution in [0.3, 0.4) is 0 Å². The first kappa shape index (κ1) is 22.5. The zero-order valence-electron chi connectivity index (χ0n) is 19.4. The number of nitrogens with one attached hydrogen (secondary N) is 2. The van der Waals surface area contributed by atoms with Crippen LogP contribution >= 0.6 is 0 Å². The van der Waals surface area contributed by atoms with Crippen molar-refractivity contribution in [2.24, 2.45) is 7.05 Å². The Bertz CT molecular complexity index is 1260. The van der Waals surface area contributed by atoms with Crippen LogP contribution in [-0.2, 0) is 16.5 Å². The van der Waals surface area contributed by atoms with Crippen molar-refractivity contribution >= 4 is 28.7 Å². The van der Waals surface area contributed by atoms with Crippen molar-refractivity contribution in [2.75, 3.05) is 31.7 Å². The molecule has 180 valence electrons. The SMILES string of the molecule is Cc1cc(C(=O)NCC2CCCO2)ncc1Nc1ncc2c(n1)n(C1CCOCC1)c(=O)n2C. The second-order valence-corrected chi connectivity index (χ2v) is 8.81. The maximum absolute atomic E-state index is 12.9. The molecule has 3 aromatic heterocycles. The molecule has 5 rings (SSSR count). The highest BCUT2D eigenvalue weighted by atomic mass is 16.5. The summed E-state index contributed by atoms with van der Waals surface area (Å²) >= 11 is 0. The van der Waals surface area contributed by atoms with Gasteiger partial charge in [-0.1, -0.05) is 0 Å². The fourth-order valence-electron chi connectivity index (χ4n) is 4.50. The van der Waals surface area contributed by atoms with Crippen molar-refractivity contribution in [3.63, 3.8) is 0 Å². The van der Waals surface area contributed by atoms with Gasteiger partial charge in [0, 0.05) is 39.5 Å². The molecular weight excluding hydrogens is 438 g/mol. The number of anilines is 2. The highest BCUT2D eigenvalue weighted by Gasteiger charge is 2.23. The van der Waals surface area contributed by atoms with Crippen molar-refractivity contribution in [1.82, 2.24) is 29.4 Å². The van der Waals surface area contributed by atoms with Gasteiger partial charge in [-0.2, -0.15) is 4.98 Å². The fourth-order valence-corrected chi connectivity index (χ4v) is 4.50. The Morgan fingerprint density at radius 1 is 1.18 bits per heavy atom. The van der Waals surface area contributed by atoms with Crippen LogP contribution in [0, 0.1) is 6.92 Å². The minimum absolute atomic E-state index is 0.0449. The number of amides is 1. The minimum atomic E-state index is -0.229. The second-order valence-electron chi connectivity index (χ2n) is 8.81. The summed E-state index contributed by atoms with van der Waals surface area (Å²) in [6.45, 7) is 4.38. The number of carbonyl (C=O) groups excluding carboxylic acids is 1. The zero-order chi connectivity index (χ0) is 23.7. The summed E-state index contributed by atoms with van der Waals surface area (Å²) in [6.07, 6.45) is 6.85. The summed E-state index contributed by atoms with van der Waals surface area (Å²) in [5, 5.41) is 6.07. The smallest absolute Gasteiger partial charge is 0.330 e. The Kier molecular flexibility index (Phi) is 6.29. The summed E-state index contributed by atoms with van der Waals surface area (Å²) in [5.74, 6) is 0.131. The van der Waals surface area contributed by atoms with Crippen LogP contribution in [0.15, 0.2) is 23.3 Å². The van der Waals surface area contributed by atoms with E-state index in [1.165, 1.54) is 0 Å². The number of carbonyl (C=O) groups is 1. The lowest BCUT2D eigenvalue weighted by Crippen LogP contribution is -2.32. The van der Waals surface area contributed by atoms with Gasteiger partial charge in [0.2, 0.25) is 5.95 Å². The van der Waals surface area contributed by atoms with E-state index in [4.69, 9.17) is 9.47 Å². The van der Waals surface area contributed by atoms with Crippen molar-refractivity contribution in [2.45, 2.75) is 44.8 Å². The van der Waals surface area contributed by atoms with Crippen LogP contribution in [-0.4, -0.2) is 62.5 Å². The average molecular weight is 468 g/mol. The van der Waals surface area contributed by atoms with Gasteiger partial charge in [-0.25, -0.2) is 14.8 Å². The van der Waals surface area contributed by atoms with E-state index in [2.05, 4.69) is 25.6 Å². The quantitative estimate of drug-likeness (QED) is 0.563.